The second kappa shape index (κ2) is 3.88. The minimum absolute atomic E-state index is 0.0811. The van der Waals surface area contributed by atoms with Crippen LogP contribution in [0, 0.1) is 0 Å². The van der Waals surface area contributed by atoms with E-state index in [0.29, 0.717) is 6.61 Å². The predicted octanol–water partition coefficient (Wildman–Crippen LogP) is 1.70. The van der Waals surface area contributed by atoms with Gasteiger partial charge in [0.1, 0.15) is 0 Å². The van der Waals surface area contributed by atoms with Crippen molar-refractivity contribution < 1.29 is 4.74 Å². The summed E-state index contributed by atoms with van der Waals surface area (Å²) in [7, 11) is 0. The second-order valence-corrected chi connectivity index (χ2v) is 3.36. The van der Waals surface area contributed by atoms with Crippen molar-refractivity contribution in [2.75, 3.05) is 6.61 Å². The minimum atomic E-state index is -0.291. The molecule has 0 aliphatic heterocycles. The van der Waals surface area contributed by atoms with E-state index in [9.17, 15) is 0 Å². The van der Waals surface area contributed by atoms with Crippen LogP contribution in [-0.2, 0) is 4.74 Å². The highest BCUT2D eigenvalue weighted by Gasteiger charge is 2.26. The highest BCUT2D eigenvalue weighted by atomic mass is 16.5. The van der Waals surface area contributed by atoms with Crippen LogP contribution in [0.3, 0.4) is 0 Å². The molecular weight excluding hydrogens is 138 g/mol. The van der Waals surface area contributed by atoms with Gasteiger partial charge in [-0.25, -0.2) is 0 Å². The van der Waals surface area contributed by atoms with Gasteiger partial charge < -0.3 is 10.5 Å². The molecule has 11 heavy (non-hydrogen) atoms. The first-order valence-corrected chi connectivity index (χ1v) is 3.96. The number of hydrogen-bond donors (Lipinski definition) is 1. The van der Waals surface area contributed by atoms with Crippen LogP contribution in [-0.4, -0.2) is 18.2 Å². The average Bonchev–Trinajstić information content (AvgIpc) is 1.86. The Bertz CT molecular complexity index is 140. The lowest BCUT2D eigenvalue weighted by molar-refractivity contribution is -0.0208. The zero-order valence-corrected chi connectivity index (χ0v) is 7.98. The maximum atomic E-state index is 5.86. The van der Waals surface area contributed by atoms with Crippen LogP contribution in [0.15, 0.2) is 12.2 Å². The molecule has 2 nitrogen and oxygen atoms in total. The average molecular weight is 157 g/mol. The van der Waals surface area contributed by atoms with Gasteiger partial charge in [-0.1, -0.05) is 12.2 Å². The smallest absolute Gasteiger partial charge is 0.0814 e. The van der Waals surface area contributed by atoms with Gasteiger partial charge >= 0.3 is 0 Å². The van der Waals surface area contributed by atoms with E-state index in [1.165, 1.54) is 0 Å². The molecule has 1 unspecified atom stereocenters. The number of rotatable bonds is 4. The van der Waals surface area contributed by atoms with E-state index in [1.54, 1.807) is 0 Å². The highest BCUT2D eigenvalue weighted by Crippen LogP contribution is 2.17. The first-order chi connectivity index (χ1) is 4.91. The fourth-order valence-corrected chi connectivity index (χ4v) is 1.06. The quantitative estimate of drug-likeness (QED) is 0.630. The molecule has 0 aliphatic carbocycles. The van der Waals surface area contributed by atoms with Crippen molar-refractivity contribution in [3.8, 4) is 0 Å². The summed E-state index contributed by atoms with van der Waals surface area (Å²) in [6, 6.07) is -0.0811. The molecule has 0 aromatic carbocycles. The third kappa shape index (κ3) is 3.04. The Morgan fingerprint density at radius 2 is 2.09 bits per heavy atom. The first-order valence-electron chi connectivity index (χ1n) is 3.96. The summed E-state index contributed by atoms with van der Waals surface area (Å²) < 4.78 is 5.47. The molecule has 66 valence electrons. The van der Waals surface area contributed by atoms with Crippen molar-refractivity contribution >= 4 is 0 Å². The van der Waals surface area contributed by atoms with E-state index in [-0.39, 0.29) is 11.6 Å². The third-order valence-corrected chi connectivity index (χ3v) is 1.80. The zero-order valence-electron chi connectivity index (χ0n) is 7.98. The van der Waals surface area contributed by atoms with Crippen molar-refractivity contribution in [2.45, 2.75) is 39.3 Å². The topological polar surface area (TPSA) is 35.2 Å². The summed E-state index contributed by atoms with van der Waals surface area (Å²) in [6.45, 7) is 12.3. The molecule has 0 fully saturated rings. The predicted molar refractivity (Wildman–Crippen MR) is 48.5 cm³/mol. The molecule has 0 aromatic heterocycles. The monoisotopic (exact) mass is 157 g/mol. The van der Waals surface area contributed by atoms with E-state index in [4.69, 9.17) is 10.5 Å². The summed E-state index contributed by atoms with van der Waals surface area (Å²) in [4.78, 5) is 0. The lowest BCUT2D eigenvalue weighted by atomic mass is 9.94. The van der Waals surface area contributed by atoms with E-state index < -0.39 is 0 Å². The number of hydrogen-bond acceptors (Lipinski definition) is 2. The molecule has 1 atom stereocenters. The van der Waals surface area contributed by atoms with Gasteiger partial charge in [0.2, 0.25) is 0 Å². The fraction of sp³-hybridized carbons (Fsp3) is 0.778. The van der Waals surface area contributed by atoms with E-state index in [2.05, 4.69) is 6.58 Å². The molecule has 0 amide bonds. The van der Waals surface area contributed by atoms with Gasteiger partial charge in [0.25, 0.3) is 0 Å². The molecule has 0 bridgehead atoms. The first kappa shape index (κ1) is 10.7. The highest BCUT2D eigenvalue weighted by molar-refractivity contribution is 5.07. The Balaban J connectivity index is 4.16. The molecule has 0 saturated carbocycles. The molecule has 0 rings (SSSR count). The normalized spacial score (nSPS) is 14.6. The molecule has 0 aromatic rings. The molecule has 2 heteroatoms. The minimum Gasteiger partial charge on any atom is -0.374 e. The SMILES string of the molecule is C=C(C)C(N)C(C)(C)OCC. The van der Waals surface area contributed by atoms with Crippen LogP contribution in [0.2, 0.25) is 0 Å². The van der Waals surface area contributed by atoms with Gasteiger partial charge in [-0.05, 0) is 27.7 Å². The maximum Gasteiger partial charge on any atom is 0.0814 e. The van der Waals surface area contributed by atoms with Crippen LogP contribution in [0.5, 0.6) is 0 Å². The molecule has 0 aliphatic rings. The summed E-state index contributed by atoms with van der Waals surface area (Å²) in [5.74, 6) is 0. The summed E-state index contributed by atoms with van der Waals surface area (Å²) in [5, 5.41) is 0. The van der Waals surface area contributed by atoms with Gasteiger partial charge in [-0.2, -0.15) is 0 Å². The van der Waals surface area contributed by atoms with Crippen LogP contribution in [0.1, 0.15) is 27.7 Å². The second-order valence-electron chi connectivity index (χ2n) is 3.36. The van der Waals surface area contributed by atoms with E-state index >= 15 is 0 Å². The van der Waals surface area contributed by atoms with E-state index in [1.807, 2.05) is 27.7 Å². The molecular formula is C9H19NO. The number of nitrogens with two attached hydrogens (primary N) is 1. The van der Waals surface area contributed by atoms with Crippen molar-refractivity contribution in [1.82, 2.24) is 0 Å². The Hall–Kier alpha value is -0.340. The molecule has 0 saturated heterocycles. The molecule has 0 radical (unpaired) electrons. The van der Waals surface area contributed by atoms with Gasteiger partial charge in [-0.3, -0.25) is 0 Å². The fourth-order valence-electron chi connectivity index (χ4n) is 1.06. The van der Waals surface area contributed by atoms with Crippen LogP contribution < -0.4 is 5.73 Å². The van der Waals surface area contributed by atoms with E-state index in [0.717, 1.165) is 5.57 Å². The molecule has 0 heterocycles. The number of ether oxygens (including phenoxy) is 1. The maximum absolute atomic E-state index is 5.86. The Labute approximate surface area is 69.4 Å². The van der Waals surface area contributed by atoms with Crippen molar-refractivity contribution in [2.24, 2.45) is 5.73 Å². The molecule has 2 N–H and O–H groups in total. The zero-order chi connectivity index (χ0) is 9.07. The van der Waals surface area contributed by atoms with Gasteiger partial charge in [0, 0.05) is 6.61 Å². The van der Waals surface area contributed by atoms with Crippen LogP contribution >= 0.6 is 0 Å². The summed E-state index contributed by atoms with van der Waals surface area (Å²) >= 11 is 0. The summed E-state index contributed by atoms with van der Waals surface area (Å²) in [6.07, 6.45) is 0. The largest absolute Gasteiger partial charge is 0.374 e. The summed E-state index contributed by atoms with van der Waals surface area (Å²) in [5.41, 5.74) is 6.53. The molecule has 0 spiro atoms. The van der Waals surface area contributed by atoms with Gasteiger partial charge in [-0.15, -0.1) is 0 Å². The van der Waals surface area contributed by atoms with Crippen molar-refractivity contribution in [1.29, 1.82) is 0 Å². The van der Waals surface area contributed by atoms with Gasteiger partial charge in [0.15, 0.2) is 0 Å². The lowest BCUT2D eigenvalue weighted by Crippen LogP contribution is -2.45. The Kier molecular flexibility index (Phi) is 3.76. The lowest BCUT2D eigenvalue weighted by Gasteiger charge is -2.31. The van der Waals surface area contributed by atoms with Crippen molar-refractivity contribution in [3.63, 3.8) is 0 Å². The Morgan fingerprint density at radius 1 is 1.64 bits per heavy atom. The van der Waals surface area contributed by atoms with Crippen LogP contribution in [0.4, 0.5) is 0 Å². The van der Waals surface area contributed by atoms with Crippen LogP contribution in [0.25, 0.3) is 0 Å². The van der Waals surface area contributed by atoms with Gasteiger partial charge in [0.05, 0.1) is 11.6 Å². The standard InChI is InChI=1S/C9H19NO/c1-6-11-9(4,5)8(10)7(2)3/h8H,2,6,10H2,1,3-5H3. The van der Waals surface area contributed by atoms with Crippen molar-refractivity contribution in [3.05, 3.63) is 12.2 Å². The Morgan fingerprint density at radius 3 is 2.36 bits per heavy atom. The third-order valence-electron chi connectivity index (χ3n) is 1.80.